The maximum Gasteiger partial charge on any atom is 0.420 e. The molecule has 1 aromatic heterocycles. The van der Waals surface area contributed by atoms with Crippen molar-refractivity contribution in [3.8, 4) is 0 Å². The van der Waals surface area contributed by atoms with Gasteiger partial charge in [-0.15, -0.1) is 0 Å². The second-order valence-corrected chi connectivity index (χ2v) is 3.67. The van der Waals surface area contributed by atoms with Crippen molar-refractivity contribution in [2.45, 2.75) is 6.18 Å². The third kappa shape index (κ3) is 2.19. The summed E-state index contributed by atoms with van der Waals surface area (Å²) in [4.78, 5) is 3.19. The zero-order valence-electron chi connectivity index (χ0n) is 6.09. The summed E-state index contributed by atoms with van der Waals surface area (Å²) in [7, 11) is 0. The maximum atomic E-state index is 12.3. The van der Waals surface area contributed by atoms with Crippen LogP contribution >= 0.6 is 46.4 Å². The fourth-order valence-electron chi connectivity index (χ4n) is 0.723. The van der Waals surface area contributed by atoms with E-state index >= 15 is 0 Å². The molecule has 1 nitrogen and oxygen atoms in total. The van der Waals surface area contributed by atoms with E-state index in [9.17, 15) is 13.2 Å². The van der Waals surface area contributed by atoms with Crippen molar-refractivity contribution in [1.82, 2.24) is 4.98 Å². The molecule has 0 aliphatic heterocycles. The first-order chi connectivity index (χ1) is 6.25. The Morgan fingerprint density at radius 2 is 1.36 bits per heavy atom. The molecule has 0 aliphatic carbocycles. The first-order valence-electron chi connectivity index (χ1n) is 3.02. The first kappa shape index (κ1) is 12.2. The van der Waals surface area contributed by atoms with Gasteiger partial charge in [-0.2, -0.15) is 13.2 Å². The van der Waals surface area contributed by atoms with Gasteiger partial charge in [-0.3, -0.25) is 0 Å². The lowest BCUT2D eigenvalue weighted by Gasteiger charge is -2.11. The molecule has 8 heteroatoms. The molecule has 1 heterocycles. The topological polar surface area (TPSA) is 12.9 Å². The average molecular weight is 285 g/mol. The summed E-state index contributed by atoms with van der Waals surface area (Å²) >= 11 is 21.3. The lowest BCUT2D eigenvalue weighted by Crippen LogP contribution is -2.08. The molecular formula is C6Cl4F3N. The van der Waals surface area contributed by atoms with Gasteiger partial charge in [-0.25, -0.2) is 4.98 Å². The zero-order valence-corrected chi connectivity index (χ0v) is 9.12. The maximum absolute atomic E-state index is 12.3. The highest BCUT2D eigenvalue weighted by Gasteiger charge is 2.38. The largest absolute Gasteiger partial charge is 0.420 e. The monoisotopic (exact) mass is 283 g/mol. The SMILES string of the molecule is FC(F)(F)c1c(Cl)nc(Cl)c(Cl)c1Cl. The van der Waals surface area contributed by atoms with E-state index in [0.29, 0.717) is 0 Å². The van der Waals surface area contributed by atoms with Crippen molar-refractivity contribution < 1.29 is 13.2 Å². The van der Waals surface area contributed by atoms with Crippen LogP contribution in [0.1, 0.15) is 5.56 Å². The molecule has 0 radical (unpaired) electrons. The van der Waals surface area contributed by atoms with Crippen molar-refractivity contribution in [1.29, 1.82) is 0 Å². The zero-order chi connectivity index (χ0) is 11.1. The van der Waals surface area contributed by atoms with Crippen LogP contribution in [-0.2, 0) is 6.18 Å². The van der Waals surface area contributed by atoms with E-state index in [1.54, 1.807) is 0 Å². The van der Waals surface area contributed by atoms with E-state index in [2.05, 4.69) is 4.98 Å². The highest BCUT2D eigenvalue weighted by Crippen LogP contribution is 2.43. The molecule has 78 valence electrons. The van der Waals surface area contributed by atoms with E-state index in [0.717, 1.165) is 0 Å². The summed E-state index contributed by atoms with van der Waals surface area (Å²) in [6, 6.07) is 0. The molecular weight excluding hydrogens is 285 g/mol. The van der Waals surface area contributed by atoms with Gasteiger partial charge in [0.2, 0.25) is 0 Å². The molecule has 0 saturated heterocycles. The summed E-state index contributed by atoms with van der Waals surface area (Å²) in [5.41, 5.74) is -1.28. The molecule has 0 N–H and O–H groups in total. The highest BCUT2D eigenvalue weighted by molar-refractivity contribution is 6.48. The number of hydrogen-bond acceptors (Lipinski definition) is 1. The van der Waals surface area contributed by atoms with Crippen LogP contribution in [0.3, 0.4) is 0 Å². The lowest BCUT2D eigenvalue weighted by molar-refractivity contribution is -0.137. The minimum atomic E-state index is -4.71. The number of aromatic nitrogens is 1. The summed E-state index contributed by atoms with van der Waals surface area (Å²) in [5, 5.41) is -2.40. The van der Waals surface area contributed by atoms with Crippen LogP contribution in [0.15, 0.2) is 0 Å². The van der Waals surface area contributed by atoms with Gasteiger partial charge >= 0.3 is 6.18 Å². The molecule has 0 aromatic carbocycles. The third-order valence-electron chi connectivity index (χ3n) is 1.28. The van der Waals surface area contributed by atoms with Gasteiger partial charge in [-0.1, -0.05) is 46.4 Å². The number of pyridine rings is 1. The van der Waals surface area contributed by atoms with Gasteiger partial charge in [0, 0.05) is 0 Å². The second kappa shape index (κ2) is 3.93. The summed E-state index contributed by atoms with van der Waals surface area (Å²) in [6.07, 6.45) is -4.71. The number of halogens is 7. The molecule has 0 unspecified atom stereocenters. The molecule has 0 atom stereocenters. The van der Waals surface area contributed by atoms with Gasteiger partial charge in [0.25, 0.3) is 0 Å². The molecule has 0 amide bonds. The van der Waals surface area contributed by atoms with E-state index in [4.69, 9.17) is 46.4 Å². The Kier molecular flexibility index (Phi) is 3.41. The molecule has 1 rings (SSSR count). The van der Waals surface area contributed by atoms with Crippen molar-refractivity contribution in [3.63, 3.8) is 0 Å². The van der Waals surface area contributed by atoms with Crippen LogP contribution in [0.4, 0.5) is 13.2 Å². The summed E-state index contributed by atoms with van der Waals surface area (Å²) in [6.45, 7) is 0. The molecule has 0 saturated carbocycles. The molecule has 0 aliphatic rings. The van der Waals surface area contributed by atoms with Crippen molar-refractivity contribution >= 4 is 46.4 Å². The summed E-state index contributed by atoms with van der Waals surface area (Å²) < 4.78 is 36.9. The van der Waals surface area contributed by atoms with Crippen molar-refractivity contribution in [2.75, 3.05) is 0 Å². The fraction of sp³-hybridized carbons (Fsp3) is 0.167. The Labute approximate surface area is 96.7 Å². The van der Waals surface area contributed by atoms with Crippen LogP contribution in [-0.4, -0.2) is 4.98 Å². The molecule has 14 heavy (non-hydrogen) atoms. The molecule has 0 bridgehead atoms. The standard InChI is InChI=1S/C6Cl4F3N/c7-2-1(6(11,12)13)4(9)14-5(10)3(2)8. The smallest absolute Gasteiger partial charge is 0.222 e. The highest BCUT2D eigenvalue weighted by atomic mass is 35.5. The number of hydrogen-bond donors (Lipinski definition) is 0. The van der Waals surface area contributed by atoms with Gasteiger partial charge in [0.1, 0.15) is 10.7 Å². The normalized spacial score (nSPS) is 11.9. The third-order valence-corrected chi connectivity index (χ3v) is 2.77. The number of nitrogens with zero attached hydrogens (tertiary/aromatic N) is 1. The average Bonchev–Trinajstić information content (AvgIpc) is 1.97. The Balaban J connectivity index is 3.53. The predicted molar refractivity (Wildman–Crippen MR) is 49.3 cm³/mol. The predicted octanol–water partition coefficient (Wildman–Crippen LogP) is 4.71. The van der Waals surface area contributed by atoms with Gasteiger partial charge in [0.05, 0.1) is 10.0 Å². The molecule has 0 fully saturated rings. The lowest BCUT2D eigenvalue weighted by atomic mass is 10.3. The van der Waals surface area contributed by atoms with Crippen LogP contribution in [0.25, 0.3) is 0 Å². The van der Waals surface area contributed by atoms with Crippen LogP contribution in [0.5, 0.6) is 0 Å². The Morgan fingerprint density at radius 1 is 0.857 bits per heavy atom. The van der Waals surface area contributed by atoms with Crippen LogP contribution < -0.4 is 0 Å². The van der Waals surface area contributed by atoms with Gasteiger partial charge in [0.15, 0.2) is 5.15 Å². The Bertz CT molecular complexity index is 376. The van der Waals surface area contributed by atoms with Crippen LogP contribution in [0.2, 0.25) is 20.4 Å². The minimum Gasteiger partial charge on any atom is -0.222 e. The van der Waals surface area contributed by atoms with Crippen molar-refractivity contribution in [2.24, 2.45) is 0 Å². The first-order valence-corrected chi connectivity index (χ1v) is 4.53. The van der Waals surface area contributed by atoms with Gasteiger partial charge < -0.3 is 0 Å². The van der Waals surface area contributed by atoms with Gasteiger partial charge in [-0.05, 0) is 0 Å². The number of rotatable bonds is 0. The summed E-state index contributed by atoms with van der Waals surface area (Å²) in [5.74, 6) is 0. The Morgan fingerprint density at radius 3 is 1.79 bits per heavy atom. The Hall–Kier alpha value is 0.1000. The van der Waals surface area contributed by atoms with Crippen LogP contribution in [0, 0.1) is 0 Å². The number of alkyl halides is 3. The molecule has 0 spiro atoms. The molecule has 1 aromatic rings. The quantitative estimate of drug-likeness (QED) is 0.629. The van der Waals surface area contributed by atoms with E-state index in [-0.39, 0.29) is 5.15 Å². The fourth-order valence-corrected chi connectivity index (χ4v) is 1.75. The second-order valence-electron chi connectivity index (χ2n) is 2.19. The van der Waals surface area contributed by atoms with E-state index in [1.165, 1.54) is 0 Å². The van der Waals surface area contributed by atoms with Crippen molar-refractivity contribution in [3.05, 3.63) is 25.9 Å². The van der Waals surface area contributed by atoms with E-state index in [1.807, 2.05) is 0 Å². The van der Waals surface area contributed by atoms with E-state index < -0.39 is 26.9 Å². The minimum absolute atomic E-state index is 0.366.